The van der Waals surface area contributed by atoms with E-state index in [2.05, 4.69) is 5.10 Å². The number of anilines is 1. The topological polar surface area (TPSA) is 64.4 Å². The average molecular weight is 498 g/mol. The maximum Gasteiger partial charge on any atom is 0.417 e. The van der Waals surface area contributed by atoms with Gasteiger partial charge in [-0.05, 0) is 36.6 Å². The second-order valence-electron chi connectivity index (χ2n) is 8.18. The summed E-state index contributed by atoms with van der Waals surface area (Å²) < 4.78 is 61.3. The number of fused-ring (bicyclic) bond motifs is 1. The zero-order valence-corrected chi connectivity index (χ0v) is 19.0. The number of alkyl halides is 3. The zero-order chi connectivity index (χ0) is 24.8. The third kappa shape index (κ3) is 4.11. The highest BCUT2D eigenvalue weighted by Gasteiger charge is 2.38. The van der Waals surface area contributed by atoms with E-state index in [1.165, 1.54) is 31.4 Å². The Hall–Kier alpha value is -3.14. The molecule has 3 aromatic rings. The molecule has 2 atom stereocenters. The van der Waals surface area contributed by atoms with E-state index >= 15 is 0 Å². The molecule has 1 aromatic heterocycles. The fraction of sp³-hybridized carbons (Fsp3) is 0.348. The number of methoxy groups -OCH3 is 1. The minimum absolute atomic E-state index is 0.000167. The molecule has 0 radical (unpaired) electrons. The molecule has 34 heavy (non-hydrogen) atoms. The highest BCUT2D eigenvalue weighted by Crippen LogP contribution is 2.38. The van der Waals surface area contributed by atoms with Crippen LogP contribution < -0.4 is 4.90 Å². The second-order valence-corrected chi connectivity index (χ2v) is 8.58. The summed E-state index contributed by atoms with van der Waals surface area (Å²) in [6, 6.07) is 6.96. The van der Waals surface area contributed by atoms with Gasteiger partial charge >= 0.3 is 12.1 Å². The average Bonchev–Trinajstić information content (AvgIpc) is 3.18. The van der Waals surface area contributed by atoms with Gasteiger partial charge in [-0.2, -0.15) is 17.9 Å². The SMILES string of the molecule is COC(=O)[C@@H]1CCN(c2nn(C(=O)c3c(Cl)cccc3C(F)(F)F)c3cccc(F)c23)C[C@@H]1C. The summed E-state index contributed by atoms with van der Waals surface area (Å²) in [6.45, 7) is 2.47. The van der Waals surface area contributed by atoms with Crippen LogP contribution in [-0.4, -0.2) is 41.9 Å². The molecular formula is C23H20ClF4N3O3. The van der Waals surface area contributed by atoms with Gasteiger partial charge in [0, 0.05) is 13.1 Å². The van der Waals surface area contributed by atoms with Crippen LogP contribution in [0.1, 0.15) is 29.3 Å². The minimum atomic E-state index is -4.84. The molecule has 4 rings (SSSR count). The summed E-state index contributed by atoms with van der Waals surface area (Å²) in [5.41, 5.74) is -1.97. The van der Waals surface area contributed by atoms with Crippen LogP contribution >= 0.6 is 11.6 Å². The number of esters is 1. The van der Waals surface area contributed by atoms with Crippen LogP contribution in [0.2, 0.25) is 5.02 Å². The number of piperidine rings is 1. The molecule has 0 spiro atoms. The fourth-order valence-corrected chi connectivity index (χ4v) is 4.66. The summed E-state index contributed by atoms with van der Waals surface area (Å²) >= 11 is 6.01. The van der Waals surface area contributed by atoms with Crippen molar-refractivity contribution in [3.63, 3.8) is 0 Å². The van der Waals surface area contributed by atoms with Gasteiger partial charge in [-0.1, -0.05) is 30.7 Å². The first-order valence-corrected chi connectivity index (χ1v) is 10.8. The van der Waals surface area contributed by atoms with Crippen molar-refractivity contribution in [2.24, 2.45) is 11.8 Å². The summed E-state index contributed by atoms with van der Waals surface area (Å²) in [5, 5.41) is 3.86. The van der Waals surface area contributed by atoms with Gasteiger partial charge in [0.1, 0.15) is 5.82 Å². The Kier molecular flexibility index (Phi) is 6.28. The number of aromatic nitrogens is 2. The summed E-state index contributed by atoms with van der Waals surface area (Å²) in [6.07, 6.45) is -4.43. The summed E-state index contributed by atoms with van der Waals surface area (Å²) in [7, 11) is 1.31. The van der Waals surface area contributed by atoms with Crippen molar-refractivity contribution in [2.75, 3.05) is 25.1 Å². The summed E-state index contributed by atoms with van der Waals surface area (Å²) in [5.74, 6) is -2.55. The highest BCUT2D eigenvalue weighted by atomic mass is 35.5. The highest BCUT2D eigenvalue weighted by molar-refractivity contribution is 6.34. The molecule has 0 N–H and O–H groups in total. The van der Waals surface area contributed by atoms with E-state index in [-0.39, 0.29) is 34.5 Å². The van der Waals surface area contributed by atoms with E-state index in [0.29, 0.717) is 19.5 Å². The van der Waals surface area contributed by atoms with Gasteiger partial charge in [0.25, 0.3) is 5.91 Å². The van der Waals surface area contributed by atoms with Gasteiger partial charge in [0.05, 0.1) is 40.1 Å². The Morgan fingerprint density at radius 1 is 1.18 bits per heavy atom. The predicted molar refractivity (Wildman–Crippen MR) is 117 cm³/mol. The molecule has 2 heterocycles. The summed E-state index contributed by atoms with van der Waals surface area (Å²) in [4.78, 5) is 27.0. The van der Waals surface area contributed by atoms with Crippen molar-refractivity contribution in [3.05, 3.63) is 58.4 Å². The third-order valence-electron chi connectivity index (χ3n) is 6.07. The van der Waals surface area contributed by atoms with E-state index in [1.807, 2.05) is 6.92 Å². The molecule has 1 fully saturated rings. The lowest BCUT2D eigenvalue weighted by Crippen LogP contribution is -2.42. The molecule has 6 nitrogen and oxygen atoms in total. The van der Waals surface area contributed by atoms with Gasteiger partial charge in [0.2, 0.25) is 0 Å². The number of hydrogen-bond donors (Lipinski definition) is 0. The number of ether oxygens (including phenoxy) is 1. The first-order chi connectivity index (χ1) is 16.0. The van der Waals surface area contributed by atoms with Crippen LogP contribution in [0.3, 0.4) is 0 Å². The number of benzene rings is 2. The number of rotatable bonds is 3. The Morgan fingerprint density at radius 2 is 1.88 bits per heavy atom. The predicted octanol–water partition coefficient (Wildman–Crippen LogP) is 5.17. The maximum atomic E-state index is 14.9. The van der Waals surface area contributed by atoms with Crippen molar-refractivity contribution in [1.29, 1.82) is 0 Å². The molecule has 11 heteroatoms. The molecule has 0 bridgehead atoms. The number of halogens is 5. The molecule has 1 saturated heterocycles. The van der Waals surface area contributed by atoms with E-state index in [4.69, 9.17) is 16.3 Å². The second kappa shape index (κ2) is 8.90. The van der Waals surface area contributed by atoms with Crippen LogP contribution in [-0.2, 0) is 15.7 Å². The minimum Gasteiger partial charge on any atom is -0.469 e. The molecule has 180 valence electrons. The van der Waals surface area contributed by atoms with Crippen LogP contribution in [0.4, 0.5) is 23.4 Å². The zero-order valence-electron chi connectivity index (χ0n) is 18.2. The molecule has 0 amide bonds. The van der Waals surface area contributed by atoms with Gasteiger partial charge in [-0.15, -0.1) is 5.10 Å². The van der Waals surface area contributed by atoms with Crippen LogP contribution in [0.25, 0.3) is 10.9 Å². The van der Waals surface area contributed by atoms with E-state index in [9.17, 15) is 27.2 Å². The van der Waals surface area contributed by atoms with Crippen LogP contribution in [0.5, 0.6) is 0 Å². The molecule has 2 aromatic carbocycles. The maximum absolute atomic E-state index is 14.9. The van der Waals surface area contributed by atoms with Gasteiger partial charge in [-0.25, -0.2) is 4.39 Å². The van der Waals surface area contributed by atoms with E-state index < -0.39 is 34.1 Å². The van der Waals surface area contributed by atoms with Gasteiger partial charge < -0.3 is 9.64 Å². The van der Waals surface area contributed by atoms with Crippen molar-refractivity contribution in [2.45, 2.75) is 19.5 Å². The fourth-order valence-electron chi connectivity index (χ4n) is 4.41. The van der Waals surface area contributed by atoms with Crippen molar-refractivity contribution in [1.82, 2.24) is 9.78 Å². The molecule has 0 aliphatic carbocycles. The molecule has 0 unspecified atom stereocenters. The van der Waals surface area contributed by atoms with E-state index in [1.54, 1.807) is 4.90 Å². The van der Waals surface area contributed by atoms with Crippen LogP contribution in [0.15, 0.2) is 36.4 Å². The van der Waals surface area contributed by atoms with Gasteiger partial charge in [-0.3, -0.25) is 9.59 Å². The normalized spacial score (nSPS) is 18.9. The van der Waals surface area contributed by atoms with Crippen molar-refractivity contribution < 1.29 is 31.9 Å². The Labute approximate surface area is 197 Å². The van der Waals surface area contributed by atoms with Crippen molar-refractivity contribution >= 4 is 40.2 Å². The first-order valence-electron chi connectivity index (χ1n) is 10.4. The Bertz CT molecular complexity index is 1270. The lowest BCUT2D eigenvalue weighted by atomic mass is 9.87. The lowest BCUT2D eigenvalue weighted by molar-refractivity contribution is -0.147. The number of nitrogens with zero attached hydrogens (tertiary/aromatic N) is 3. The standard InChI is InChI=1S/C23H20ClF4N3O3/c1-12-11-30(10-9-13(12)22(33)34-2)20-19-16(25)7-4-8-17(19)31(29-20)21(32)18-14(23(26,27)28)5-3-6-15(18)24/h3-8,12-13H,9-11H2,1-2H3/t12-,13+/m0/s1. The lowest BCUT2D eigenvalue weighted by Gasteiger charge is -2.35. The number of hydrogen-bond acceptors (Lipinski definition) is 5. The van der Waals surface area contributed by atoms with E-state index in [0.717, 1.165) is 16.8 Å². The monoisotopic (exact) mass is 497 g/mol. The Balaban J connectivity index is 1.82. The first kappa shape index (κ1) is 24.0. The molecule has 0 saturated carbocycles. The largest absolute Gasteiger partial charge is 0.469 e. The number of carbonyl (C=O) groups is 2. The van der Waals surface area contributed by atoms with Crippen LogP contribution in [0, 0.1) is 17.7 Å². The molecule has 1 aliphatic heterocycles. The van der Waals surface area contributed by atoms with Crippen molar-refractivity contribution in [3.8, 4) is 0 Å². The molecule has 1 aliphatic rings. The Morgan fingerprint density at radius 3 is 2.53 bits per heavy atom. The smallest absolute Gasteiger partial charge is 0.417 e. The quantitative estimate of drug-likeness (QED) is 0.369. The molecular weight excluding hydrogens is 478 g/mol. The van der Waals surface area contributed by atoms with Gasteiger partial charge in [0.15, 0.2) is 5.82 Å². The number of carbonyl (C=O) groups excluding carboxylic acids is 2. The third-order valence-corrected chi connectivity index (χ3v) is 6.39.